The molecule has 8 nitrogen and oxygen atoms in total. The average molecular weight is 500 g/mol. The van der Waals surface area contributed by atoms with E-state index in [1.54, 1.807) is 47.0 Å². The van der Waals surface area contributed by atoms with Crippen LogP contribution in [0.3, 0.4) is 0 Å². The number of benzene rings is 2. The number of anilines is 1. The van der Waals surface area contributed by atoms with Crippen molar-refractivity contribution in [3.05, 3.63) is 70.2 Å². The predicted octanol–water partition coefficient (Wildman–Crippen LogP) is 5.99. The third-order valence-electron chi connectivity index (χ3n) is 4.88. The molecule has 1 N–H and O–H groups in total. The molecule has 0 aliphatic heterocycles. The van der Waals surface area contributed by atoms with Crippen LogP contribution >= 0.6 is 34.5 Å². The van der Waals surface area contributed by atoms with Crippen LogP contribution in [0.5, 0.6) is 5.75 Å². The smallest absolute Gasteiger partial charge is 0.291 e. The first-order chi connectivity index (χ1) is 15.9. The number of hydrogen-bond donors (Lipinski definition) is 1. The summed E-state index contributed by atoms with van der Waals surface area (Å²) in [5.74, 6) is 1.41. The van der Waals surface area contributed by atoms with Crippen molar-refractivity contribution in [3.8, 4) is 27.6 Å². The summed E-state index contributed by atoms with van der Waals surface area (Å²) >= 11 is 13.5. The molecule has 3 heterocycles. The second-order valence-electron chi connectivity index (χ2n) is 7.01. The molecule has 0 saturated heterocycles. The van der Waals surface area contributed by atoms with E-state index in [-0.39, 0.29) is 5.76 Å². The maximum absolute atomic E-state index is 12.9. The van der Waals surface area contributed by atoms with Gasteiger partial charge in [0, 0.05) is 11.1 Å². The van der Waals surface area contributed by atoms with Gasteiger partial charge in [0.2, 0.25) is 4.96 Å². The van der Waals surface area contributed by atoms with E-state index in [2.05, 4.69) is 20.6 Å². The van der Waals surface area contributed by atoms with Crippen molar-refractivity contribution in [2.24, 2.45) is 0 Å². The molecular weight excluding hydrogens is 485 g/mol. The molecule has 5 aromatic rings. The molecule has 11 heteroatoms. The zero-order valence-corrected chi connectivity index (χ0v) is 19.6. The number of furan rings is 1. The van der Waals surface area contributed by atoms with Crippen molar-refractivity contribution in [1.29, 1.82) is 0 Å². The minimum absolute atomic E-state index is 0.137. The Morgan fingerprint density at radius 1 is 1.06 bits per heavy atom. The molecule has 0 aliphatic carbocycles. The number of hydrogen-bond acceptors (Lipinski definition) is 7. The number of carbonyl (C=O) groups excluding carboxylic acids is 1. The Hall–Kier alpha value is -3.40. The van der Waals surface area contributed by atoms with E-state index in [4.69, 9.17) is 32.4 Å². The van der Waals surface area contributed by atoms with Crippen LogP contribution in [0.4, 0.5) is 5.69 Å². The number of methoxy groups -OCH3 is 1. The van der Waals surface area contributed by atoms with Gasteiger partial charge in [-0.3, -0.25) is 4.79 Å². The zero-order valence-electron chi connectivity index (χ0n) is 17.3. The van der Waals surface area contributed by atoms with Gasteiger partial charge in [-0.1, -0.05) is 34.5 Å². The van der Waals surface area contributed by atoms with Crippen LogP contribution < -0.4 is 10.1 Å². The largest absolute Gasteiger partial charge is 0.495 e. The Kier molecular flexibility index (Phi) is 5.53. The molecule has 0 unspecified atom stereocenters. The molecule has 33 heavy (non-hydrogen) atoms. The lowest BCUT2D eigenvalue weighted by Gasteiger charge is -2.10. The number of nitrogens with one attached hydrogen (secondary N) is 1. The van der Waals surface area contributed by atoms with Crippen molar-refractivity contribution >= 4 is 51.1 Å². The lowest BCUT2D eigenvalue weighted by atomic mass is 10.2. The van der Waals surface area contributed by atoms with Crippen LogP contribution in [0, 0.1) is 6.92 Å². The highest BCUT2D eigenvalue weighted by Crippen LogP contribution is 2.34. The standard InChI is InChI=1S/C22H15Cl2N5O3S/c1-11-26-27-22-29(11)28-21(33-22)13-4-6-18(31-2)16(10-13)25-20(30)19-8-7-17(32-19)12-3-5-14(23)15(24)9-12/h3-10H,1-2H3,(H,25,30). The maximum Gasteiger partial charge on any atom is 0.291 e. The summed E-state index contributed by atoms with van der Waals surface area (Å²) in [7, 11) is 1.53. The molecule has 0 spiro atoms. The van der Waals surface area contributed by atoms with E-state index in [0.717, 1.165) is 10.6 Å². The summed E-state index contributed by atoms with van der Waals surface area (Å²) in [6, 6.07) is 13.8. The molecule has 0 saturated carbocycles. The monoisotopic (exact) mass is 499 g/mol. The molecule has 5 rings (SSSR count). The fourth-order valence-corrected chi connectivity index (χ4v) is 4.40. The van der Waals surface area contributed by atoms with Crippen LogP contribution in [-0.4, -0.2) is 32.8 Å². The van der Waals surface area contributed by atoms with E-state index in [0.29, 0.717) is 43.6 Å². The zero-order chi connectivity index (χ0) is 23.1. The summed E-state index contributed by atoms with van der Waals surface area (Å²) in [5, 5.41) is 17.1. The van der Waals surface area contributed by atoms with Crippen molar-refractivity contribution in [2.75, 3.05) is 12.4 Å². The summed E-state index contributed by atoms with van der Waals surface area (Å²) < 4.78 is 12.8. The number of amides is 1. The highest BCUT2D eigenvalue weighted by atomic mass is 35.5. The second-order valence-corrected chi connectivity index (χ2v) is 8.78. The fourth-order valence-electron chi connectivity index (χ4n) is 3.22. The Morgan fingerprint density at radius 3 is 2.64 bits per heavy atom. The first-order valence-corrected chi connectivity index (χ1v) is 11.2. The fraction of sp³-hybridized carbons (Fsp3) is 0.0909. The van der Waals surface area contributed by atoms with E-state index in [1.807, 2.05) is 13.0 Å². The summed E-state index contributed by atoms with van der Waals surface area (Å²) in [4.78, 5) is 13.6. The number of rotatable bonds is 5. The number of carbonyl (C=O) groups is 1. The number of nitrogens with zero attached hydrogens (tertiary/aromatic N) is 4. The number of halogens is 2. The SMILES string of the molecule is COc1ccc(-c2nn3c(C)nnc3s2)cc1NC(=O)c1ccc(-c2ccc(Cl)c(Cl)c2)o1. The van der Waals surface area contributed by atoms with Crippen LogP contribution in [0.1, 0.15) is 16.4 Å². The molecule has 2 aromatic carbocycles. The van der Waals surface area contributed by atoms with Gasteiger partial charge in [0.05, 0.1) is 22.8 Å². The number of aryl methyl sites for hydroxylation is 1. The number of ether oxygens (including phenoxy) is 1. The highest BCUT2D eigenvalue weighted by Gasteiger charge is 2.17. The third kappa shape index (κ3) is 4.06. The first-order valence-electron chi connectivity index (χ1n) is 9.67. The van der Waals surface area contributed by atoms with Gasteiger partial charge in [0.25, 0.3) is 5.91 Å². The van der Waals surface area contributed by atoms with Gasteiger partial charge in [0.1, 0.15) is 16.5 Å². The van der Waals surface area contributed by atoms with E-state index in [9.17, 15) is 4.79 Å². The van der Waals surface area contributed by atoms with Crippen LogP contribution in [0.25, 0.3) is 26.9 Å². The van der Waals surface area contributed by atoms with E-state index < -0.39 is 5.91 Å². The quantitative estimate of drug-likeness (QED) is 0.319. The molecule has 0 atom stereocenters. The molecule has 166 valence electrons. The summed E-state index contributed by atoms with van der Waals surface area (Å²) in [6.45, 7) is 1.83. The van der Waals surface area contributed by atoms with E-state index >= 15 is 0 Å². The second kappa shape index (κ2) is 8.51. The summed E-state index contributed by atoms with van der Waals surface area (Å²) in [5.41, 5.74) is 1.99. The molecule has 0 fully saturated rings. The molecule has 0 radical (unpaired) electrons. The van der Waals surface area contributed by atoms with Gasteiger partial charge >= 0.3 is 0 Å². The normalized spacial score (nSPS) is 11.2. The Bertz CT molecular complexity index is 1510. The Balaban J connectivity index is 1.42. The number of aromatic nitrogens is 4. The first kappa shape index (κ1) is 21.4. The molecule has 3 aromatic heterocycles. The lowest BCUT2D eigenvalue weighted by Crippen LogP contribution is -2.11. The van der Waals surface area contributed by atoms with Crippen molar-refractivity contribution in [3.63, 3.8) is 0 Å². The van der Waals surface area contributed by atoms with Gasteiger partial charge in [0.15, 0.2) is 11.6 Å². The molecule has 0 bridgehead atoms. The van der Waals surface area contributed by atoms with Crippen molar-refractivity contribution < 1.29 is 13.9 Å². The minimum atomic E-state index is -0.425. The Labute approximate surface area is 201 Å². The maximum atomic E-state index is 12.9. The van der Waals surface area contributed by atoms with Crippen molar-refractivity contribution in [2.45, 2.75) is 6.92 Å². The van der Waals surface area contributed by atoms with E-state index in [1.165, 1.54) is 18.4 Å². The summed E-state index contributed by atoms with van der Waals surface area (Å²) in [6.07, 6.45) is 0. The van der Waals surface area contributed by atoms with Gasteiger partial charge in [-0.15, -0.1) is 10.2 Å². The average Bonchev–Trinajstić information content (AvgIpc) is 3.53. The van der Waals surface area contributed by atoms with Crippen molar-refractivity contribution in [1.82, 2.24) is 19.8 Å². The van der Waals surface area contributed by atoms with Crippen LogP contribution in [-0.2, 0) is 0 Å². The lowest BCUT2D eigenvalue weighted by molar-refractivity contribution is 0.0997. The topological polar surface area (TPSA) is 94.5 Å². The van der Waals surface area contributed by atoms with Gasteiger partial charge < -0.3 is 14.5 Å². The molecular formula is C22H15Cl2N5O3S. The Morgan fingerprint density at radius 2 is 1.88 bits per heavy atom. The van der Waals surface area contributed by atoms with Gasteiger partial charge in [-0.25, -0.2) is 0 Å². The van der Waals surface area contributed by atoms with Crippen LogP contribution in [0.2, 0.25) is 10.0 Å². The predicted molar refractivity (Wildman–Crippen MR) is 128 cm³/mol. The van der Waals surface area contributed by atoms with Gasteiger partial charge in [-0.2, -0.15) is 9.61 Å². The highest BCUT2D eigenvalue weighted by molar-refractivity contribution is 7.19. The molecule has 1 amide bonds. The third-order valence-corrected chi connectivity index (χ3v) is 6.56. The number of fused-ring (bicyclic) bond motifs is 1. The van der Waals surface area contributed by atoms with Crippen LogP contribution in [0.15, 0.2) is 52.9 Å². The minimum Gasteiger partial charge on any atom is -0.495 e. The van der Waals surface area contributed by atoms with Gasteiger partial charge in [-0.05, 0) is 55.5 Å². The molecule has 0 aliphatic rings.